The summed E-state index contributed by atoms with van der Waals surface area (Å²) in [6.07, 6.45) is 3.18. The van der Waals surface area contributed by atoms with E-state index in [9.17, 15) is 10.1 Å². The molecule has 4 rings (SSSR count). The van der Waals surface area contributed by atoms with Crippen LogP contribution in [0.1, 0.15) is 11.5 Å². The summed E-state index contributed by atoms with van der Waals surface area (Å²) in [5, 5.41) is 15.2. The van der Waals surface area contributed by atoms with Crippen molar-refractivity contribution in [3.63, 3.8) is 0 Å². The van der Waals surface area contributed by atoms with Gasteiger partial charge in [0.2, 0.25) is 0 Å². The van der Waals surface area contributed by atoms with E-state index in [1.807, 2.05) is 48.5 Å². The minimum Gasteiger partial charge on any atom is -0.455 e. The number of nitrogens with one attached hydrogen (secondary N) is 1. The van der Waals surface area contributed by atoms with Gasteiger partial charge in [-0.2, -0.15) is 5.10 Å². The third-order valence-electron chi connectivity index (χ3n) is 4.24. The van der Waals surface area contributed by atoms with Crippen molar-refractivity contribution in [2.75, 3.05) is 0 Å². The van der Waals surface area contributed by atoms with Crippen LogP contribution in [0.2, 0.25) is 0 Å². The molecule has 0 bridgehead atoms. The molecule has 2 aromatic heterocycles. The van der Waals surface area contributed by atoms with E-state index in [1.165, 1.54) is 18.3 Å². The Morgan fingerprint density at radius 2 is 1.84 bits per heavy atom. The van der Waals surface area contributed by atoms with Crippen LogP contribution >= 0.6 is 0 Å². The molecular weight excluding hydrogens is 394 g/mol. The Labute approximate surface area is 177 Å². The van der Waals surface area contributed by atoms with Gasteiger partial charge in [-0.15, -0.1) is 0 Å². The van der Waals surface area contributed by atoms with Gasteiger partial charge in [0.1, 0.15) is 17.2 Å². The highest BCUT2D eigenvalue weighted by molar-refractivity contribution is 5.99. The molecule has 0 aliphatic heterocycles. The molecule has 0 aliphatic carbocycles. The SMILES string of the molecule is O=[N+]([O-])c1cccc(-c2ccc(/C=N/NC(=Nc3ccccc3)c3ccccn3)o2)c1. The summed E-state index contributed by atoms with van der Waals surface area (Å²) >= 11 is 0. The molecular formula is C23H17N5O3. The molecule has 8 heteroatoms. The number of pyridine rings is 1. The fraction of sp³-hybridized carbons (Fsp3) is 0. The predicted molar refractivity (Wildman–Crippen MR) is 118 cm³/mol. The van der Waals surface area contributed by atoms with Crippen LogP contribution in [0.25, 0.3) is 11.3 Å². The lowest BCUT2D eigenvalue weighted by Gasteiger charge is -2.05. The zero-order chi connectivity index (χ0) is 21.5. The number of para-hydroxylation sites is 1. The quantitative estimate of drug-likeness (QED) is 0.209. The lowest BCUT2D eigenvalue weighted by molar-refractivity contribution is -0.384. The fourth-order valence-corrected chi connectivity index (χ4v) is 2.78. The summed E-state index contributed by atoms with van der Waals surface area (Å²) in [6.45, 7) is 0. The van der Waals surface area contributed by atoms with Crippen LogP contribution in [0.5, 0.6) is 0 Å². The highest BCUT2D eigenvalue weighted by Gasteiger charge is 2.10. The second-order valence-electron chi connectivity index (χ2n) is 6.39. The Balaban J connectivity index is 1.53. The van der Waals surface area contributed by atoms with Crippen molar-refractivity contribution in [3.05, 3.63) is 113 Å². The van der Waals surface area contributed by atoms with E-state index in [-0.39, 0.29) is 5.69 Å². The van der Waals surface area contributed by atoms with Crippen LogP contribution in [-0.2, 0) is 0 Å². The Morgan fingerprint density at radius 3 is 2.61 bits per heavy atom. The average Bonchev–Trinajstić information content (AvgIpc) is 3.29. The van der Waals surface area contributed by atoms with E-state index in [4.69, 9.17) is 4.42 Å². The van der Waals surface area contributed by atoms with Gasteiger partial charge in [0, 0.05) is 23.9 Å². The number of non-ortho nitro benzene ring substituents is 1. The average molecular weight is 411 g/mol. The van der Waals surface area contributed by atoms with Crippen LogP contribution in [0, 0.1) is 10.1 Å². The van der Waals surface area contributed by atoms with Crippen LogP contribution in [0.3, 0.4) is 0 Å². The molecule has 31 heavy (non-hydrogen) atoms. The number of hydrazone groups is 1. The molecule has 0 saturated heterocycles. The van der Waals surface area contributed by atoms with E-state index in [2.05, 4.69) is 20.5 Å². The molecule has 0 spiro atoms. The number of aliphatic imine (C=N–C) groups is 1. The molecule has 1 N–H and O–H groups in total. The number of nitro groups is 1. The van der Waals surface area contributed by atoms with Gasteiger partial charge in [-0.25, -0.2) is 4.99 Å². The highest BCUT2D eigenvalue weighted by atomic mass is 16.6. The van der Waals surface area contributed by atoms with Crippen molar-refractivity contribution < 1.29 is 9.34 Å². The third kappa shape index (κ3) is 5.07. The Morgan fingerprint density at radius 1 is 1.00 bits per heavy atom. The molecule has 2 heterocycles. The Kier molecular flexibility index (Phi) is 5.90. The summed E-state index contributed by atoms with van der Waals surface area (Å²) in [4.78, 5) is 19.4. The zero-order valence-electron chi connectivity index (χ0n) is 16.3. The number of rotatable bonds is 6. The lowest BCUT2D eigenvalue weighted by Crippen LogP contribution is -2.20. The number of furan rings is 1. The Hall–Kier alpha value is -4.59. The van der Waals surface area contributed by atoms with Gasteiger partial charge < -0.3 is 4.42 Å². The summed E-state index contributed by atoms with van der Waals surface area (Å²) in [5.41, 5.74) is 4.93. The molecule has 4 aromatic rings. The van der Waals surface area contributed by atoms with E-state index in [1.54, 1.807) is 30.5 Å². The van der Waals surface area contributed by atoms with E-state index in [0.717, 1.165) is 5.69 Å². The third-order valence-corrected chi connectivity index (χ3v) is 4.24. The largest absolute Gasteiger partial charge is 0.455 e. The monoisotopic (exact) mass is 411 g/mol. The summed E-state index contributed by atoms with van der Waals surface area (Å²) in [7, 11) is 0. The van der Waals surface area contributed by atoms with Crippen LogP contribution in [0.4, 0.5) is 11.4 Å². The number of nitro benzene ring substituents is 1. The topological polar surface area (TPSA) is 106 Å². The van der Waals surface area contributed by atoms with Gasteiger partial charge >= 0.3 is 0 Å². The molecule has 0 saturated carbocycles. The van der Waals surface area contributed by atoms with E-state index < -0.39 is 4.92 Å². The number of nitrogens with zero attached hydrogens (tertiary/aromatic N) is 4. The minimum atomic E-state index is -0.441. The first kappa shape index (κ1) is 19.7. The maximum absolute atomic E-state index is 11.0. The first-order valence-electron chi connectivity index (χ1n) is 9.38. The maximum Gasteiger partial charge on any atom is 0.270 e. The van der Waals surface area contributed by atoms with Gasteiger partial charge in [-0.3, -0.25) is 20.5 Å². The smallest absolute Gasteiger partial charge is 0.270 e. The Bertz CT molecular complexity index is 1230. The van der Waals surface area contributed by atoms with Gasteiger partial charge in [0.25, 0.3) is 5.69 Å². The van der Waals surface area contributed by atoms with E-state index >= 15 is 0 Å². The number of benzene rings is 2. The van der Waals surface area contributed by atoms with Crippen molar-refractivity contribution in [1.29, 1.82) is 0 Å². The van der Waals surface area contributed by atoms with Crippen molar-refractivity contribution in [2.45, 2.75) is 0 Å². The van der Waals surface area contributed by atoms with Crippen molar-refractivity contribution in [3.8, 4) is 11.3 Å². The van der Waals surface area contributed by atoms with Gasteiger partial charge in [0.15, 0.2) is 5.84 Å². The lowest BCUT2D eigenvalue weighted by atomic mass is 10.1. The number of hydrogen-bond acceptors (Lipinski definition) is 6. The predicted octanol–water partition coefficient (Wildman–Crippen LogP) is 4.95. The van der Waals surface area contributed by atoms with Crippen LogP contribution in [-0.4, -0.2) is 22.0 Å². The molecule has 0 aliphatic rings. The van der Waals surface area contributed by atoms with Crippen LogP contribution in [0.15, 0.2) is 106 Å². The van der Waals surface area contributed by atoms with Gasteiger partial charge in [-0.1, -0.05) is 36.4 Å². The van der Waals surface area contributed by atoms with Crippen molar-refractivity contribution in [1.82, 2.24) is 10.4 Å². The van der Waals surface area contributed by atoms with Crippen LogP contribution < -0.4 is 5.43 Å². The van der Waals surface area contributed by atoms with E-state index in [0.29, 0.717) is 28.6 Å². The fourth-order valence-electron chi connectivity index (χ4n) is 2.78. The number of aromatic nitrogens is 1. The molecule has 0 radical (unpaired) electrons. The number of hydrogen-bond donors (Lipinski definition) is 1. The molecule has 0 unspecified atom stereocenters. The molecule has 8 nitrogen and oxygen atoms in total. The first-order valence-corrected chi connectivity index (χ1v) is 9.38. The second kappa shape index (κ2) is 9.27. The van der Waals surface area contributed by atoms with Gasteiger partial charge in [0.05, 0.1) is 16.8 Å². The molecule has 0 amide bonds. The summed E-state index contributed by atoms with van der Waals surface area (Å²) < 4.78 is 5.74. The standard InChI is InChI=1S/C23H17N5O3/c29-28(30)19-10-6-7-17(15-19)22-13-12-20(31-22)16-25-27-23(21-11-4-5-14-24-21)26-18-8-2-1-3-9-18/h1-16H,(H,26,27)/b25-16+. The molecule has 152 valence electrons. The number of amidine groups is 1. The van der Waals surface area contributed by atoms with Crippen molar-refractivity contribution >= 4 is 23.4 Å². The highest BCUT2D eigenvalue weighted by Crippen LogP contribution is 2.25. The summed E-state index contributed by atoms with van der Waals surface area (Å²) in [5.74, 6) is 1.47. The zero-order valence-corrected chi connectivity index (χ0v) is 16.3. The molecule has 2 aromatic carbocycles. The first-order chi connectivity index (χ1) is 15.2. The molecule has 0 atom stereocenters. The van der Waals surface area contributed by atoms with Gasteiger partial charge in [-0.05, 0) is 36.4 Å². The summed E-state index contributed by atoms with van der Waals surface area (Å²) in [6, 6.07) is 24.7. The minimum absolute atomic E-state index is 0.00269. The second-order valence-corrected chi connectivity index (χ2v) is 6.39. The normalized spacial score (nSPS) is 11.5. The maximum atomic E-state index is 11.0. The van der Waals surface area contributed by atoms with Crippen molar-refractivity contribution in [2.24, 2.45) is 10.1 Å². The molecule has 0 fully saturated rings.